The van der Waals surface area contributed by atoms with Gasteiger partial charge in [0.05, 0.1) is 20.0 Å². The van der Waals surface area contributed by atoms with Gasteiger partial charge in [-0.3, -0.25) is 4.99 Å². The SMILES string of the molecule is CCOc1cc(NC(=NC)NCCc2ccco2)ccc1OC. The Kier molecular flexibility index (Phi) is 6.35. The standard InChI is InChI=1S/C17H23N3O3/c1-4-22-16-12-13(7-8-15(16)21-3)20-17(18-2)19-10-9-14-6-5-11-23-14/h5-8,11-12H,4,9-10H2,1-3H3,(H2,18,19,20). The van der Waals surface area contributed by atoms with Crippen molar-refractivity contribution in [3.8, 4) is 11.5 Å². The number of ether oxygens (including phenoxy) is 2. The first-order valence-corrected chi connectivity index (χ1v) is 7.57. The molecule has 0 saturated heterocycles. The summed E-state index contributed by atoms with van der Waals surface area (Å²) in [5.41, 5.74) is 0.875. The highest BCUT2D eigenvalue weighted by atomic mass is 16.5. The summed E-state index contributed by atoms with van der Waals surface area (Å²) < 4.78 is 16.2. The minimum absolute atomic E-state index is 0.579. The molecule has 0 bridgehead atoms. The van der Waals surface area contributed by atoms with Crippen molar-refractivity contribution in [2.75, 3.05) is 32.6 Å². The Morgan fingerprint density at radius 2 is 2.13 bits per heavy atom. The van der Waals surface area contributed by atoms with Gasteiger partial charge in [-0.2, -0.15) is 0 Å². The molecule has 6 heteroatoms. The van der Waals surface area contributed by atoms with Crippen LogP contribution in [0.5, 0.6) is 11.5 Å². The summed E-state index contributed by atoms with van der Waals surface area (Å²) in [7, 11) is 3.36. The van der Waals surface area contributed by atoms with Crippen LogP contribution < -0.4 is 20.1 Å². The summed E-state index contributed by atoms with van der Waals surface area (Å²) in [6.45, 7) is 3.24. The highest BCUT2D eigenvalue weighted by Crippen LogP contribution is 2.30. The van der Waals surface area contributed by atoms with E-state index in [0.29, 0.717) is 24.1 Å². The van der Waals surface area contributed by atoms with Crippen LogP contribution in [0.25, 0.3) is 0 Å². The maximum Gasteiger partial charge on any atom is 0.195 e. The van der Waals surface area contributed by atoms with E-state index in [1.165, 1.54) is 0 Å². The normalized spacial score (nSPS) is 11.2. The van der Waals surface area contributed by atoms with Gasteiger partial charge < -0.3 is 24.5 Å². The molecule has 0 radical (unpaired) electrons. The number of hydrogen-bond donors (Lipinski definition) is 2. The molecule has 0 aliphatic carbocycles. The van der Waals surface area contributed by atoms with Crippen molar-refractivity contribution < 1.29 is 13.9 Å². The maximum atomic E-state index is 5.58. The first kappa shape index (κ1) is 16.7. The van der Waals surface area contributed by atoms with E-state index < -0.39 is 0 Å². The second-order valence-electron chi connectivity index (χ2n) is 4.75. The first-order chi connectivity index (χ1) is 11.3. The number of nitrogens with zero attached hydrogens (tertiary/aromatic N) is 1. The van der Waals surface area contributed by atoms with E-state index in [4.69, 9.17) is 13.9 Å². The van der Waals surface area contributed by atoms with E-state index in [2.05, 4.69) is 15.6 Å². The summed E-state index contributed by atoms with van der Waals surface area (Å²) in [5, 5.41) is 6.47. The van der Waals surface area contributed by atoms with E-state index in [1.54, 1.807) is 20.4 Å². The lowest BCUT2D eigenvalue weighted by Gasteiger charge is -2.14. The molecule has 2 aromatic rings. The number of anilines is 1. The average Bonchev–Trinajstić information content (AvgIpc) is 3.08. The van der Waals surface area contributed by atoms with Crippen LogP contribution in [-0.2, 0) is 6.42 Å². The van der Waals surface area contributed by atoms with Gasteiger partial charge in [0.25, 0.3) is 0 Å². The van der Waals surface area contributed by atoms with Crippen LogP contribution in [0.1, 0.15) is 12.7 Å². The lowest BCUT2D eigenvalue weighted by molar-refractivity contribution is 0.311. The number of rotatable bonds is 7. The van der Waals surface area contributed by atoms with Crippen molar-refractivity contribution in [2.45, 2.75) is 13.3 Å². The third-order valence-corrected chi connectivity index (χ3v) is 3.19. The number of aliphatic imine (C=N–C) groups is 1. The van der Waals surface area contributed by atoms with Gasteiger partial charge in [0.15, 0.2) is 17.5 Å². The van der Waals surface area contributed by atoms with Gasteiger partial charge >= 0.3 is 0 Å². The number of hydrogen-bond acceptors (Lipinski definition) is 4. The lowest BCUT2D eigenvalue weighted by atomic mass is 10.2. The zero-order chi connectivity index (χ0) is 16.5. The fraction of sp³-hybridized carbons (Fsp3) is 0.353. The van der Waals surface area contributed by atoms with Gasteiger partial charge in [0, 0.05) is 31.8 Å². The Hall–Kier alpha value is -2.63. The Labute approximate surface area is 136 Å². The molecule has 0 spiro atoms. The molecule has 0 aliphatic heterocycles. The van der Waals surface area contributed by atoms with Gasteiger partial charge in [-0.15, -0.1) is 0 Å². The molecule has 0 fully saturated rings. The molecule has 0 atom stereocenters. The Morgan fingerprint density at radius 1 is 1.26 bits per heavy atom. The van der Waals surface area contributed by atoms with E-state index in [-0.39, 0.29) is 0 Å². The Morgan fingerprint density at radius 3 is 2.78 bits per heavy atom. The fourth-order valence-electron chi connectivity index (χ4n) is 2.10. The van der Waals surface area contributed by atoms with Crippen molar-refractivity contribution in [3.05, 3.63) is 42.4 Å². The molecular weight excluding hydrogens is 294 g/mol. The van der Waals surface area contributed by atoms with Gasteiger partial charge in [0.1, 0.15) is 5.76 Å². The molecule has 1 heterocycles. The fourth-order valence-corrected chi connectivity index (χ4v) is 2.10. The third kappa shape index (κ3) is 4.95. The predicted molar refractivity (Wildman–Crippen MR) is 91.6 cm³/mol. The molecule has 2 N–H and O–H groups in total. The monoisotopic (exact) mass is 317 g/mol. The van der Waals surface area contributed by atoms with E-state index in [0.717, 1.165) is 24.4 Å². The highest BCUT2D eigenvalue weighted by molar-refractivity contribution is 5.93. The largest absolute Gasteiger partial charge is 0.493 e. The molecular formula is C17H23N3O3. The summed E-state index contributed by atoms with van der Waals surface area (Å²) in [6, 6.07) is 9.51. The minimum atomic E-state index is 0.579. The smallest absolute Gasteiger partial charge is 0.195 e. The predicted octanol–water partition coefficient (Wildman–Crippen LogP) is 2.92. The number of methoxy groups -OCH3 is 1. The molecule has 0 unspecified atom stereocenters. The molecule has 23 heavy (non-hydrogen) atoms. The van der Waals surface area contributed by atoms with Crippen LogP contribution in [-0.4, -0.2) is 33.3 Å². The highest BCUT2D eigenvalue weighted by Gasteiger charge is 2.07. The zero-order valence-corrected chi connectivity index (χ0v) is 13.8. The van der Waals surface area contributed by atoms with Crippen LogP contribution in [0, 0.1) is 0 Å². The molecule has 0 amide bonds. The number of benzene rings is 1. The maximum absolute atomic E-state index is 5.58. The number of guanidine groups is 1. The Bertz CT molecular complexity index is 624. The van der Waals surface area contributed by atoms with Crippen LogP contribution >= 0.6 is 0 Å². The van der Waals surface area contributed by atoms with Crippen LogP contribution in [0.4, 0.5) is 5.69 Å². The van der Waals surface area contributed by atoms with Crippen LogP contribution in [0.2, 0.25) is 0 Å². The van der Waals surface area contributed by atoms with Crippen molar-refractivity contribution in [1.29, 1.82) is 0 Å². The second-order valence-corrected chi connectivity index (χ2v) is 4.75. The molecule has 0 aliphatic rings. The van der Waals surface area contributed by atoms with Crippen molar-refractivity contribution in [3.63, 3.8) is 0 Å². The third-order valence-electron chi connectivity index (χ3n) is 3.19. The zero-order valence-electron chi connectivity index (χ0n) is 13.8. The number of nitrogens with one attached hydrogen (secondary N) is 2. The topological polar surface area (TPSA) is 68.0 Å². The van der Waals surface area contributed by atoms with Gasteiger partial charge in [-0.25, -0.2) is 0 Å². The van der Waals surface area contributed by atoms with Gasteiger partial charge in [0.2, 0.25) is 0 Å². The van der Waals surface area contributed by atoms with Crippen molar-refractivity contribution in [1.82, 2.24) is 5.32 Å². The second kappa shape index (κ2) is 8.73. The molecule has 6 nitrogen and oxygen atoms in total. The lowest BCUT2D eigenvalue weighted by Crippen LogP contribution is -2.32. The van der Waals surface area contributed by atoms with E-state index >= 15 is 0 Å². The summed E-state index contributed by atoms with van der Waals surface area (Å²) >= 11 is 0. The molecule has 1 aromatic heterocycles. The van der Waals surface area contributed by atoms with Gasteiger partial charge in [-0.1, -0.05) is 0 Å². The molecule has 2 rings (SSSR count). The molecule has 0 saturated carbocycles. The number of furan rings is 1. The quantitative estimate of drug-likeness (QED) is 0.607. The van der Waals surface area contributed by atoms with Crippen molar-refractivity contribution in [2.24, 2.45) is 4.99 Å². The molecule has 1 aromatic carbocycles. The van der Waals surface area contributed by atoms with Gasteiger partial charge in [-0.05, 0) is 31.2 Å². The summed E-state index contributed by atoms with van der Waals surface area (Å²) in [5.74, 6) is 3.03. The van der Waals surface area contributed by atoms with Crippen LogP contribution in [0.15, 0.2) is 46.0 Å². The van der Waals surface area contributed by atoms with E-state index in [9.17, 15) is 0 Å². The first-order valence-electron chi connectivity index (χ1n) is 7.57. The summed E-state index contributed by atoms with van der Waals surface area (Å²) in [4.78, 5) is 4.21. The minimum Gasteiger partial charge on any atom is -0.493 e. The summed E-state index contributed by atoms with van der Waals surface area (Å²) in [6.07, 6.45) is 2.47. The van der Waals surface area contributed by atoms with Crippen molar-refractivity contribution >= 4 is 11.6 Å². The average molecular weight is 317 g/mol. The van der Waals surface area contributed by atoms with Crippen LogP contribution in [0.3, 0.4) is 0 Å². The molecule has 124 valence electrons. The Balaban J connectivity index is 1.94. The van der Waals surface area contributed by atoms with E-state index in [1.807, 2.05) is 37.3 Å².